The molecule has 0 bridgehead atoms. The van der Waals surface area contributed by atoms with Crippen LogP contribution in [0.1, 0.15) is 43.2 Å². The SMILES string of the molecule is CCC(C)c1onc2c1CN(S(C)(=O)=O)CC2. The normalized spacial score (nSPS) is 19.0. The van der Waals surface area contributed by atoms with Gasteiger partial charge in [-0.25, -0.2) is 8.42 Å². The van der Waals surface area contributed by atoms with E-state index in [2.05, 4.69) is 19.0 Å². The molecule has 0 N–H and O–H groups in total. The van der Waals surface area contributed by atoms with Crippen molar-refractivity contribution in [2.24, 2.45) is 0 Å². The Bertz CT molecular complexity index is 507. The average Bonchev–Trinajstić information content (AvgIpc) is 2.69. The molecular weight excluding hydrogens is 240 g/mol. The lowest BCUT2D eigenvalue weighted by Crippen LogP contribution is -2.35. The summed E-state index contributed by atoms with van der Waals surface area (Å²) in [7, 11) is -3.13. The number of nitrogens with zero attached hydrogens (tertiary/aromatic N) is 2. The van der Waals surface area contributed by atoms with Crippen molar-refractivity contribution in [1.29, 1.82) is 0 Å². The molecule has 0 fully saturated rings. The molecule has 1 aliphatic heterocycles. The van der Waals surface area contributed by atoms with Crippen molar-refractivity contribution < 1.29 is 12.9 Å². The predicted molar refractivity (Wildman–Crippen MR) is 64.2 cm³/mol. The van der Waals surface area contributed by atoms with E-state index in [1.807, 2.05) is 0 Å². The van der Waals surface area contributed by atoms with Crippen molar-refractivity contribution in [3.63, 3.8) is 0 Å². The molecule has 2 rings (SSSR count). The van der Waals surface area contributed by atoms with E-state index in [9.17, 15) is 8.42 Å². The van der Waals surface area contributed by atoms with Crippen LogP contribution in [0, 0.1) is 0 Å². The van der Waals surface area contributed by atoms with Gasteiger partial charge in [-0.1, -0.05) is 19.0 Å². The zero-order chi connectivity index (χ0) is 12.6. The van der Waals surface area contributed by atoms with Gasteiger partial charge in [-0.05, 0) is 6.42 Å². The Morgan fingerprint density at radius 1 is 1.53 bits per heavy atom. The van der Waals surface area contributed by atoms with Crippen LogP contribution in [0.5, 0.6) is 0 Å². The van der Waals surface area contributed by atoms with Gasteiger partial charge >= 0.3 is 0 Å². The van der Waals surface area contributed by atoms with Crippen molar-refractivity contribution in [2.45, 2.75) is 39.2 Å². The first-order valence-corrected chi connectivity index (χ1v) is 7.70. The third-order valence-corrected chi connectivity index (χ3v) is 4.61. The Morgan fingerprint density at radius 2 is 2.24 bits per heavy atom. The summed E-state index contributed by atoms with van der Waals surface area (Å²) in [4.78, 5) is 0. The highest BCUT2D eigenvalue weighted by Gasteiger charge is 2.29. The molecule has 5 nitrogen and oxygen atoms in total. The van der Waals surface area contributed by atoms with E-state index < -0.39 is 10.0 Å². The van der Waals surface area contributed by atoms with Gasteiger partial charge < -0.3 is 4.52 Å². The molecule has 0 amide bonds. The highest BCUT2D eigenvalue weighted by molar-refractivity contribution is 7.88. The van der Waals surface area contributed by atoms with Crippen molar-refractivity contribution in [3.8, 4) is 0 Å². The number of hydrogen-bond acceptors (Lipinski definition) is 4. The topological polar surface area (TPSA) is 63.4 Å². The second-order valence-corrected chi connectivity index (χ2v) is 6.61. The van der Waals surface area contributed by atoms with Crippen LogP contribution in [0.15, 0.2) is 4.52 Å². The van der Waals surface area contributed by atoms with Gasteiger partial charge in [0.15, 0.2) is 0 Å². The molecule has 0 saturated carbocycles. The number of rotatable bonds is 3. The van der Waals surface area contributed by atoms with Gasteiger partial charge in [0, 0.05) is 31.0 Å². The van der Waals surface area contributed by atoms with Crippen LogP contribution < -0.4 is 0 Å². The van der Waals surface area contributed by atoms with E-state index >= 15 is 0 Å². The lowest BCUT2D eigenvalue weighted by molar-refractivity contribution is 0.358. The first kappa shape index (κ1) is 12.6. The third kappa shape index (κ3) is 2.37. The number of hydrogen-bond donors (Lipinski definition) is 0. The average molecular weight is 258 g/mol. The maximum Gasteiger partial charge on any atom is 0.211 e. The Balaban J connectivity index is 2.32. The van der Waals surface area contributed by atoms with Crippen molar-refractivity contribution in [1.82, 2.24) is 9.46 Å². The summed E-state index contributed by atoms with van der Waals surface area (Å²) < 4.78 is 29.9. The predicted octanol–water partition coefficient (Wildman–Crippen LogP) is 1.51. The zero-order valence-electron chi connectivity index (χ0n) is 10.4. The molecule has 0 spiro atoms. The first-order chi connectivity index (χ1) is 7.93. The molecule has 0 aliphatic carbocycles. The molecule has 6 heteroatoms. The van der Waals surface area contributed by atoms with Crippen molar-refractivity contribution in [2.75, 3.05) is 12.8 Å². The molecule has 1 aliphatic rings. The maximum atomic E-state index is 11.5. The minimum absolute atomic E-state index is 0.283. The van der Waals surface area contributed by atoms with Gasteiger partial charge in [0.05, 0.1) is 11.9 Å². The maximum absolute atomic E-state index is 11.5. The van der Waals surface area contributed by atoms with E-state index in [0.29, 0.717) is 19.5 Å². The van der Waals surface area contributed by atoms with Crippen LogP contribution >= 0.6 is 0 Å². The zero-order valence-corrected chi connectivity index (χ0v) is 11.2. The summed E-state index contributed by atoms with van der Waals surface area (Å²) in [6, 6.07) is 0. The van der Waals surface area contributed by atoms with E-state index in [1.54, 1.807) is 0 Å². The monoisotopic (exact) mass is 258 g/mol. The van der Waals surface area contributed by atoms with Crippen LogP contribution in [-0.4, -0.2) is 30.7 Å². The van der Waals surface area contributed by atoms with E-state index in [0.717, 1.165) is 23.4 Å². The van der Waals surface area contributed by atoms with Crippen LogP contribution in [0.3, 0.4) is 0 Å². The molecule has 96 valence electrons. The smallest absolute Gasteiger partial charge is 0.211 e. The minimum atomic E-state index is -3.13. The van der Waals surface area contributed by atoms with Gasteiger partial charge in [0.1, 0.15) is 5.76 Å². The molecule has 1 aromatic heterocycles. The van der Waals surface area contributed by atoms with Crippen LogP contribution in [-0.2, 0) is 23.0 Å². The number of aromatic nitrogens is 1. The standard InChI is InChI=1S/C11H18N2O3S/c1-4-8(2)11-9-7-13(17(3,14)15)6-5-10(9)12-16-11/h8H,4-7H2,1-3H3. The van der Waals surface area contributed by atoms with E-state index in [4.69, 9.17) is 4.52 Å². The summed E-state index contributed by atoms with van der Waals surface area (Å²) in [5.74, 6) is 1.13. The molecule has 0 aromatic carbocycles. The number of sulfonamides is 1. The Morgan fingerprint density at radius 3 is 2.82 bits per heavy atom. The van der Waals surface area contributed by atoms with Crippen LogP contribution in [0.4, 0.5) is 0 Å². The number of fused-ring (bicyclic) bond motifs is 1. The van der Waals surface area contributed by atoms with Gasteiger partial charge in [0.2, 0.25) is 10.0 Å². The first-order valence-electron chi connectivity index (χ1n) is 5.86. The molecule has 1 atom stereocenters. The minimum Gasteiger partial charge on any atom is -0.361 e. The molecule has 1 aromatic rings. The Kier molecular flexibility index (Phi) is 3.27. The van der Waals surface area contributed by atoms with Gasteiger partial charge in [-0.3, -0.25) is 0 Å². The highest BCUT2D eigenvalue weighted by Crippen LogP contribution is 2.29. The second kappa shape index (κ2) is 4.42. The largest absolute Gasteiger partial charge is 0.361 e. The lowest BCUT2D eigenvalue weighted by atomic mass is 9.98. The summed E-state index contributed by atoms with van der Waals surface area (Å²) in [6.45, 7) is 5.05. The lowest BCUT2D eigenvalue weighted by Gasteiger charge is -2.24. The molecular formula is C11H18N2O3S. The second-order valence-electron chi connectivity index (χ2n) is 4.63. The Hall–Kier alpha value is -0.880. The third-order valence-electron chi connectivity index (χ3n) is 3.36. The quantitative estimate of drug-likeness (QED) is 0.824. The molecule has 0 saturated heterocycles. The summed E-state index contributed by atoms with van der Waals surface area (Å²) in [5.41, 5.74) is 1.89. The Labute approximate surface area is 102 Å². The van der Waals surface area contributed by atoms with Crippen molar-refractivity contribution >= 4 is 10.0 Å². The van der Waals surface area contributed by atoms with Crippen LogP contribution in [0.2, 0.25) is 0 Å². The van der Waals surface area contributed by atoms with Crippen LogP contribution in [0.25, 0.3) is 0 Å². The van der Waals surface area contributed by atoms with E-state index in [1.165, 1.54) is 10.6 Å². The van der Waals surface area contributed by atoms with Crippen molar-refractivity contribution in [3.05, 3.63) is 17.0 Å². The molecule has 1 unspecified atom stereocenters. The molecule has 0 radical (unpaired) electrons. The van der Waals surface area contributed by atoms with Gasteiger partial charge in [0.25, 0.3) is 0 Å². The van der Waals surface area contributed by atoms with E-state index in [-0.39, 0.29) is 5.92 Å². The molecule has 2 heterocycles. The fraction of sp³-hybridized carbons (Fsp3) is 0.727. The highest BCUT2D eigenvalue weighted by atomic mass is 32.2. The summed E-state index contributed by atoms with van der Waals surface area (Å²) >= 11 is 0. The molecule has 17 heavy (non-hydrogen) atoms. The van der Waals surface area contributed by atoms with Gasteiger partial charge in [-0.15, -0.1) is 0 Å². The summed E-state index contributed by atoms with van der Waals surface area (Å²) in [6.07, 6.45) is 2.84. The fourth-order valence-corrected chi connectivity index (χ4v) is 2.85. The summed E-state index contributed by atoms with van der Waals surface area (Å²) in [5, 5.41) is 4.05. The van der Waals surface area contributed by atoms with Gasteiger partial charge in [-0.2, -0.15) is 4.31 Å². The fourth-order valence-electron chi connectivity index (χ4n) is 2.06.